The van der Waals surface area contributed by atoms with Crippen molar-refractivity contribution in [3.8, 4) is 11.5 Å². The summed E-state index contributed by atoms with van der Waals surface area (Å²) in [6.07, 6.45) is 2.49. The minimum absolute atomic E-state index is 0.189. The molecule has 1 aromatic rings. The molecule has 0 atom stereocenters. The van der Waals surface area contributed by atoms with Gasteiger partial charge in [-0.2, -0.15) is 0 Å². The molecule has 1 aromatic carbocycles. The van der Waals surface area contributed by atoms with E-state index in [0.717, 1.165) is 19.6 Å². The van der Waals surface area contributed by atoms with Crippen molar-refractivity contribution in [1.29, 1.82) is 0 Å². The number of benzene rings is 1. The van der Waals surface area contributed by atoms with Crippen molar-refractivity contribution >= 4 is 11.7 Å². The van der Waals surface area contributed by atoms with Crippen molar-refractivity contribution in [2.24, 2.45) is 0 Å². The zero-order valence-corrected chi connectivity index (χ0v) is 12.5. The first-order chi connectivity index (χ1) is 10.2. The van der Waals surface area contributed by atoms with Gasteiger partial charge >= 0.3 is 5.97 Å². The lowest BCUT2D eigenvalue weighted by Crippen LogP contribution is -2.26. The first kappa shape index (κ1) is 15.4. The Morgan fingerprint density at radius 1 is 1.24 bits per heavy atom. The molecule has 1 aliphatic heterocycles. The second kappa shape index (κ2) is 7.17. The molecule has 0 radical (unpaired) electrons. The summed E-state index contributed by atoms with van der Waals surface area (Å²) in [5.74, 6) is -0.0502. The molecule has 0 saturated carbocycles. The predicted octanol–water partition coefficient (Wildman–Crippen LogP) is 1.91. The number of nitrogens with zero attached hydrogens (tertiary/aromatic N) is 1. The summed E-state index contributed by atoms with van der Waals surface area (Å²) < 4.78 is 10.4. The molecule has 0 unspecified atom stereocenters. The summed E-state index contributed by atoms with van der Waals surface area (Å²) in [5, 5.41) is 12.5. The van der Waals surface area contributed by atoms with Gasteiger partial charge in [-0.1, -0.05) is 0 Å². The van der Waals surface area contributed by atoms with Crippen molar-refractivity contribution in [2.75, 3.05) is 45.7 Å². The summed E-state index contributed by atoms with van der Waals surface area (Å²) in [6, 6.07) is 3.16. The number of ether oxygens (including phenoxy) is 2. The van der Waals surface area contributed by atoms with Gasteiger partial charge in [0.2, 0.25) is 0 Å². The summed E-state index contributed by atoms with van der Waals surface area (Å²) in [6.45, 7) is 3.86. The second-order valence-corrected chi connectivity index (χ2v) is 5.03. The smallest absolute Gasteiger partial charge is 0.337 e. The molecule has 0 aliphatic carbocycles. The number of aromatic carboxylic acids is 1. The number of nitrogens with one attached hydrogen (secondary N) is 1. The Bertz CT molecular complexity index is 499. The van der Waals surface area contributed by atoms with Gasteiger partial charge in [0.25, 0.3) is 0 Å². The lowest BCUT2D eigenvalue weighted by molar-refractivity contribution is 0.0697. The van der Waals surface area contributed by atoms with Crippen molar-refractivity contribution in [1.82, 2.24) is 4.90 Å². The SMILES string of the molecule is COc1cc(NCCN2CCCC2)c(C(=O)O)cc1OC. The van der Waals surface area contributed by atoms with Gasteiger partial charge in [0, 0.05) is 25.2 Å². The molecule has 6 heteroatoms. The number of hydrogen-bond donors (Lipinski definition) is 2. The van der Waals surface area contributed by atoms with Crippen LogP contribution in [0.15, 0.2) is 12.1 Å². The van der Waals surface area contributed by atoms with Gasteiger partial charge in [-0.25, -0.2) is 4.79 Å². The van der Waals surface area contributed by atoms with Crippen LogP contribution in [0.25, 0.3) is 0 Å². The van der Waals surface area contributed by atoms with E-state index in [0.29, 0.717) is 23.7 Å². The first-order valence-corrected chi connectivity index (χ1v) is 7.11. The topological polar surface area (TPSA) is 71.0 Å². The van der Waals surface area contributed by atoms with Crippen molar-refractivity contribution in [2.45, 2.75) is 12.8 Å². The fourth-order valence-electron chi connectivity index (χ4n) is 2.56. The Kier molecular flexibility index (Phi) is 5.27. The molecular formula is C15H22N2O4. The molecule has 0 amide bonds. The zero-order chi connectivity index (χ0) is 15.2. The van der Waals surface area contributed by atoms with Crippen molar-refractivity contribution in [3.05, 3.63) is 17.7 Å². The average molecular weight is 294 g/mol. The Hall–Kier alpha value is -1.95. The molecule has 116 valence electrons. The summed E-state index contributed by atoms with van der Waals surface area (Å²) in [4.78, 5) is 13.7. The molecule has 1 fully saturated rings. The minimum Gasteiger partial charge on any atom is -0.493 e. The molecule has 0 aromatic heterocycles. The monoisotopic (exact) mass is 294 g/mol. The standard InChI is InChI=1S/C15H22N2O4/c1-20-13-9-11(15(18)19)12(10-14(13)21-2)16-5-8-17-6-3-4-7-17/h9-10,16H,3-8H2,1-2H3,(H,18,19). The number of carboxylic acid groups (broad SMARTS) is 1. The van der Waals surface area contributed by atoms with Gasteiger partial charge in [-0.05, 0) is 25.9 Å². The van der Waals surface area contributed by atoms with Gasteiger partial charge < -0.3 is 24.8 Å². The Balaban J connectivity index is 2.10. The Labute approximate surface area is 124 Å². The van der Waals surface area contributed by atoms with Crippen molar-refractivity contribution in [3.63, 3.8) is 0 Å². The number of carbonyl (C=O) groups is 1. The van der Waals surface area contributed by atoms with Crippen molar-refractivity contribution < 1.29 is 19.4 Å². The number of carboxylic acids is 1. The highest BCUT2D eigenvalue weighted by molar-refractivity contribution is 5.95. The lowest BCUT2D eigenvalue weighted by Gasteiger charge is -2.17. The quantitative estimate of drug-likeness (QED) is 0.800. The fraction of sp³-hybridized carbons (Fsp3) is 0.533. The van der Waals surface area contributed by atoms with Gasteiger partial charge in [-0.3, -0.25) is 0 Å². The van der Waals surface area contributed by atoms with Crippen LogP contribution in [0.1, 0.15) is 23.2 Å². The molecule has 0 spiro atoms. The van der Waals surface area contributed by atoms with E-state index in [9.17, 15) is 9.90 Å². The van der Waals surface area contributed by atoms with Crippen LogP contribution in [0.4, 0.5) is 5.69 Å². The Morgan fingerprint density at radius 3 is 2.43 bits per heavy atom. The van der Waals surface area contributed by atoms with Crippen LogP contribution >= 0.6 is 0 Å². The van der Waals surface area contributed by atoms with Crippen LogP contribution in [0.3, 0.4) is 0 Å². The van der Waals surface area contributed by atoms with Crippen LogP contribution in [0, 0.1) is 0 Å². The highest BCUT2D eigenvalue weighted by Gasteiger charge is 2.17. The zero-order valence-electron chi connectivity index (χ0n) is 12.5. The molecule has 2 rings (SSSR count). The maximum absolute atomic E-state index is 11.4. The highest BCUT2D eigenvalue weighted by atomic mass is 16.5. The second-order valence-electron chi connectivity index (χ2n) is 5.03. The average Bonchev–Trinajstić information content (AvgIpc) is 2.99. The molecule has 21 heavy (non-hydrogen) atoms. The molecular weight excluding hydrogens is 272 g/mol. The van der Waals surface area contributed by atoms with Gasteiger partial charge in [0.15, 0.2) is 11.5 Å². The van der Waals surface area contributed by atoms with E-state index in [4.69, 9.17) is 9.47 Å². The van der Waals surface area contributed by atoms with E-state index in [2.05, 4.69) is 10.2 Å². The fourth-order valence-corrected chi connectivity index (χ4v) is 2.56. The molecule has 1 aliphatic rings. The molecule has 6 nitrogen and oxygen atoms in total. The number of hydrogen-bond acceptors (Lipinski definition) is 5. The van der Waals surface area contributed by atoms with E-state index < -0.39 is 5.97 Å². The van der Waals surface area contributed by atoms with Gasteiger partial charge in [-0.15, -0.1) is 0 Å². The van der Waals surface area contributed by atoms with E-state index in [-0.39, 0.29) is 5.56 Å². The molecule has 2 N–H and O–H groups in total. The number of methoxy groups -OCH3 is 2. The van der Waals surface area contributed by atoms with E-state index >= 15 is 0 Å². The summed E-state index contributed by atoms with van der Waals surface area (Å²) >= 11 is 0. The summed E-state index contributed by atoms with van der Waals surface area (Å²) in [5.41, 5.74) is 0.744. The lowest BCUT2D eigenvalue weighted by atomic mass is 10.1. The third kappa shape index (κ3) is 3.78. The van der Waals surface area contributed by atoms with Crippen LogP contribution in [0.2, 0.25) is 0 Å². The maximum Gasteiger partial charge on any atom is 0.337 e. The van der Waals surface area contributed by atoms with Crippen LogP contribution < -0.4 is 14.8 Å². The first-order valence-electron chi connectivity index (χ1n) is 7.11. The normalized spacial score (nSPS) is 15.0. The minimum atomic E-state index is -0.986. The van der Waals surface area contributed by atoms with Gasteiger partial charge in [0.1, 0.15) is 0 Å². The highest BCUT2D eigenvalue weighted by Crippen LogP contribution is 2.33. The largest absolute Gasteiger partial charge is 0.493 e. The Morgan fingerprint density at radius 2 is 1.86 bits per heavy atom. The maximum atomic E-state index is 11.4. The summed E-state index contributed by atoms with van der Waals surface area (Å²) in [7, 11) is 3.02. The van der Waals surface area contributed by atoms with Gasteiger partial charge in [0.05, 0.1) is 25.5 Å². The van der Waals surface area contributed by atoms with E-state index in [1.165, 1.54) is 33.1 Å². The molecule has 0 bridgehead atoms. The third-order valence-corrected chi connectivity index (χ3v) is 3.70. The van der Waals surface area contributed by atoms with E-state index in [1.807, 2.05) is 0 Å². The van der Waals surface area contributed by atoms with Crippen LogP contribution in [0.5, 0.6) is 11.5 Å². The third-order valence-electron chi connectivity index (χ3n) is 3.70. The predicted molar refractivity (Wildman–Crippen MR) is 80.7 cm³/mol. The van der Waals surface area contributed by atoms with Crippen LogP contribution in [-0.2, 0) is 0 Å². The number of anilines is 1. The number of likely N-dealkylation sites (tertiary alicyclic amines) is 1. The van der Waals surface area contributed by atoms with Crippen LogP contribution in [-0.4, -0.2) is 56.4 Å². The van der Waals surface area contributed by atoms with E-state index in [1.54, 1.807) is 6.07 Å². The molecule has 1 saturated heterocycles. The molecule has 1 heterocycles. The number of rotatable bonds is 7.